The van der Waals surface area contributed by atoms with Crippen LogP contribution in [0.5, 0.6) is 0 Å². The number of aromatic nitrogens is 3. The Bertz CT molecular complexity index is 1640. The molecule has 0 radical (unpaired) electrons. The number of primary sulfonamides is 1. The molecular weight excluding hydrogens is 480 g/mol. The maximum Gasteiger partial charge on any atom is 0.269 e. The Morgan fingerprint density at radius 2 is 1.81 bits per heavy atom. The van der Waals surface area contributed by atoms with Gasteiger partial charge in [0, 0.05) is 28.7 Å². The molecule has 0 saturated carbocycles. The van der Waals surface area contributed by atoms with Crippen LogP contribution in [0, 0.1) is 6.92 Å². The van der Waals surface area contributed by atoms with Crippen LogP contribution in [0.3, 0.4) is 0 Å². The third-order valence-electron chi connectivity index (χ3n) is 6.15. The van der Waals surface area contributed by atoms with E-state index in [9.17, 15) is 18.0 Å². The predicted molar refractivity (Wildman–Crippen MR) is 133 cm³/mol. The number of nitrogens with one attached hydrogen (secondary N) is 1. The van der Waals surface area contributed by atoms with E-state index >= 15 is 0 Å². The molecule has 2 amide bonds. The van der Waals surface area contributed by atoms with Crippen molar-refractivity contribution in [2.24, 2.45) is 10.9 Å². The van der Waals surface area contributed by atoms with Crippen molar-refractivity contribution in [3.63, 3.8) is 0 Å². The molecule has 5 N–H and O–H groups in total. The Morgan fingerprint density at radius 1 is 1.06 bits per heavy atom. The normalized spacial score (nSPS) is 12.5. The van der Waals surface area contributed by atoms with Gasteiger partial charge >= 0.3 is 0 Å². The highest BCUT2D eigenvalue weighted by Gasteiger charge is 2.28. The minimum Gasteiger partial charge on any atom is -0.364 e. The molecule has 0 unspecified atom stereocenters. The zero-order valence-electron chi connectivity index (χ0n) is 19.2. The van der Waals surface area contributed by atoms with Crippen molar-refractivity contribution in [2.75, 3.05) is 5.32 Å². The molecule has 2 aromatic carbocycles. The summed E-state index contributed by atoms with van der Waals surface area (Å²) in [5.74, 6) is -0.951. The summed E-state index contributed by atoms with van der Waals surface area (Å²) < 4.78 is 24.9. The molecule has 1 aliphatic carbocycles. The van der Waals surface area contributed by atoms with Gasteiger partial charge in [-0.3, -0.25) is 14.6 Å². The molecule has 0 spiro atoms. The van der Waals surface area contributed by atoms with Crippen LogP contribution in [0.4, 0.5) is 5.69 Å². The van der Waals surface area contributed by atoms with Gasteiger partial charge in [-0.15, -0.1) is 0 Å². The van der Waals surface area contributed by atoms with E-state index in [4.69, 9.17) is 10.9 Å². The molecule has 0 aliphatic heterocycles. The smallest absolute Gasteiger partial charge is 0.269 e. The SMILES string of the molecule is Cc1ncccc1C(=O)Nc1ccc2c(c1)-c1c(c(C(N)=O)nn1-c1ccc(S(N)(=O)=O)cc1)CC2. The fraction of sp³-hybridized carbons (Fsp3) is 0.120. The monoisotopic (exact) mass is 502 g/mol. The van der Waals surface area contributed by atoms with Crippen molar-refractivity contribution in [2.45, 2.75) is 24.7 Å². The zero-order chi connectivity index (χ0) is 25.6. The van der Waals surface area contributed by atoms with Gasteiger partial charge in [-0.2, -0.15) is 5.10 Å². The first-order chi connectivity index (χ1) is 17.1. The van der Waals surface area contributed by atoms with Crippen LogP contribution in [0.2, 0.25) is 0 Å². The maximum atomic E-state index is 12.9. The zero-order valence-corrected chi connectivity index (χ0v) is 20.0. The average Bonchev–Trinajstić information content (AvgIpc) is 3.24. The van der Waals surface area contributed by atoms with Crippen LogP contribution in [0.1, 0.15) is 37.7 Å². The first-order valence-corrected chi connectivity index (χ1v) is 12.6. The van der Waals surface area contributed by atoms with Gasteiger partial charge < -0.3 is 11.1 Å². The van der Waals surface area contributed by atoms with Crippen molar-refractivity contribution < 1.29 is 18.0 Å². The van der Waals surface area contributed by atoms with E-state index < -0.39 is 15.9 Å². The number of hydrogen-bond acceptors (Lipinski definition) is 6. The number of benzene rings is 2. The lowest BCUT2D eigenvalue weighted by Gasteiger charge is -2.20. The number of amides is 2. The molecule has 0 atom stereocenters. The van der Waals surface area contributed by atoms with E-state index in [1.54, 1.807) is 42.1 Å². The summed E-state index contributed by atoms with van der Waals surface area (Å²) in [5, 5.41) is 12.6. The van der Waals surface area contributed by atoms with Crippen molar-refractivity contribution in [1.29, 1.82) is 0 Å². The largest absolute Gasteiger partial charge is 0.364 e. The minimum absolute atomic E-state index is 0.0431. The van der Waals surface area contributed by atoms with Crippen molar-refractivity contribution in [3.05, 3.63) is 88.9 Å². The minimum atomic E-state index is -3.87. The summed E-state index contributed by atoms with van der Waals surface area (Å²) in [6.07, 6.45) is 2.84. The number of sulfonamides is 1. The van der Waals surface area contributed by atoms with Crippen LogP contribution in [0.15, 0.2) is 65.7 Å². The molecule has 4 aromatic rings. The fourth-order valence-corrected chi connectivity index (χ4v) is 4.92. The van der Waals surface area contributed by atoms with E-state index in [2.05, 4.69) is 15.4 Å². The highest BCUT2D eigenvalue weighted by molar-refractivity contribution is 7.89. The molecule has 2 aromatic heterocycles. The van der Waals surface area contributed by atoms with Gasteiger partial charge in [-0.1, -0.05) is 6.07 Å². The molecule has 0 bridgehead atoms. The number of nitrogens with zero attached hydrogens (tertiary/aromatic N) is 3. The highest BCUT2D eigenvalue weighted by Crippen LogP contribution is 2.38. The molecule has 0 saturated heterocycles. The summed E-state index contributed by atoms with van der Waals surface area (Å²) in [4.78, 5) is 29.2. The standard InChI is InChI=1S/C25H22N6O4S/c1-14-19(3-2-12-28-14)25(33)29-16-6-4-15-5-11-20-22(24(26)32)30-31(23(20)21(15)13-16)17-7-9-18(10-8-17)36(27,34)35/h2-4,6-10,12-13H,5,11H2,1H3,(H2,26,32)(H,29,33)(H2,27,34,35). The van der Waals surface area contributed by atoms with E-state index in [0.717, 1.165) is 11.1 Å². The quantitative estimate of drug-likeness (QED) is 0.379. The summed E-state index contributed by atoms with van der Waals surface area (Å²) in [6, 6.07) is 14.8. The lowest BCUT2D eigenvalue weighted by molar-refractivity contribution is 0.0992. The van der Waals surface area contributed by atoms with Crippen LogP contribution in [-0.2, 0) is 22.9 Å². The molecule has 2 heterocycles. The van der Waals surface area contributed by atoms with E-state index in [0.29, 0.717) is 46.7 Å². The van der Waals surface area contributed by atoms with Gasteiger partial charge in [0.2, 0.25) is 10.0 Å². The van der Waals surface area contributed by atoms with Gasteiger partial charge in [0.05, 0.1) is 21.8 Å². The fourth-order valence-electron chi connectivity index (χ4n) is 4.40. The van der Waals surface area contributed by atoms with Crippen LogP contribution < -0.4 is 16.2 Å². The van der Waals surface area contributed by atoms with Crippen molar-refractivity contribution in [1.82, 2.24) is 14.8 Å². The van der Waals surface area contributed by atoms with Gasteiger partial charge in [-0.25, -0.2) is 18.2 Å². The van der Waals surface area contributed by atoms with Gasteiger partial charge in [0.1, 0.15) is 0 Å². The molecule has 10 nitrogen and oxygen atoms in total. The maximum absolute atomic E-state index is 12.9. The first kappa shape index (κ1) is 23.4. The number of anilines is 1. The molecule has 182 valence electrons. The van der Waals surface area contributed by atoms with Gasteiger partial charge in [0.25, 0.3) is 11.8 Å². The van der Waals surface area contributed by atoms with Crippen LogP contribution in [-0.4, -0.2) is 35.0 Å². The number of carbonyl (C=O) groups excluding carboxylic acids is 2. The number of nitrogens with two attached hydrogens (primary N) is 2. The average molecular weight is 503 g/mol. The molecule has 36 heavy (non-hydrogen) atoms. The number of pyridine rings is 1. The van der Waals surface area contributed by atoms with Crippen LogP contribution in [0.25, 0.3) is 16.9 Å². The van der Waals surface area contributed by atoms with E-state index in [1.807, 2.05) is 18.2 Å². The second-order valence-corrected chi connectivity index (χ2v) is 10.0. The Kier molecular flexibility index (Phi) is 5.65. The number of primary amides is 1. The molecule has 11 heteroatoms. The van der Waals surface area contributed by atoms with E-state index in [-0.39, 0.29) is 16.5 Å². The lowest BCUT2D eigenvalue weighted by atomic mass is 9.88. The number of carbonyl (C=O) groups is 2. The second kappa shape index (κ2) is 8.70. The predicted octanol–water partition coefficient (Wildman–Crippen LogP) is 2.34. The molecule has 0 fully saturated rings. The Morgan fingerprint density at radius 3 is 2.47 bits per heavy atom. The summed E-state index contributed by atoms with van der Waals surface area (Å²) in [6.45, 7) is 1.76. The van der Waals surface area contributed by atoms with E-state index in [1.165, 1.54) is 12.1 Å². The first-order valence-electron chi connectivity index (χ1n) is 11.0. The van der Waals surface area contributed by atoms with Crippen LogP contribution >= 0.6 is 0 Å². The Balaban J connectivity index is 1.61. The topological polar surface area (TPSA) is 163 Å². The van der Waals surface area contributed by atoms with Gasteiger partial charge in [-0.05, 0) is 73.9 Å². The number of aryl methyl sites for hydroxylation is 2. The number of hydrogen-bond donors (Lipinski definition) is 3. The third kappa shape index (κ3) is 4.14. The van der Waals surface area contributed by atoms with Crippen molar-refractivity contribution >= 4 is 27.5 Å². The number of fused-ring (bicyclic) bond motifs is 3. The second-order valence-electron chi connectivity index (χ2n) is 8.45. The molecular formula is C25H22N6O4S. The third-order valence-corrected chi connectivity index (χ3v) is 7.07. The molecule has 1 aliphatic rings. The Labute approximate surface area is 207 Å². The summed E-state index contributed by atoms with van der Waals surface area (Å²) in [7, 11) is -3.87. The van der Waals surface area contributed by atoms with Crippen molar-refractivity contribution in [3.8, 4) is 16.9 Å². The summed E-state index contributed by atoms with van der Waals surface area (Å²) >= 11 is 0. The highest BCUT2D eigenvalue weighted by atomic mass is 32.2. The Hall–Kier alpha value is -4.35. The summed E-state index contributed by atoms with van der Waals surface area (Å²) in [5.41, 5.74) is 11.1. The number of rotatable bonds is 5. The molecule has 5 rings (SSSR count). The van der Waals surface area contributed by atoms with Gasteiger partial charge in [0.15, 0.2) is 5.69 Å². The lowest BCUT2D eigenvalue weighted by Crippen LogP contribution is -2.16.